The fourth-order valence-corrected chi connectivity index (χ4v) is 9.22. The monoisotopic (exact) mass is 562 g/mol. The summed E-state index contributed by atoms with van der Waals surface area (Å²) in [6, 6.07) is 17.9. The lowest BCUT2D eigenvalue weighted by atomic mass is 9.53. The lowest BCUT2D eigenvalue weighted by Gasteiger charge is -2.57. The standard InChI is InChI=1S/C35H38N4O3/c40-31-11-10-30(33(41)38-31)39-29-9-8-28(26-2-1-3-27(32(26)29)34(39)42)36-20-22-6-4-21(5-7-22)12-13-37-35-17-23-14-24(18-35)16-25(15-23)19-35/h1-9,23-25,30,36-37H,10-20H2,(H,38,40,41). The first kappa shape index (κ1) is 26.0. The first-order chi connectivity index (χ1) is 20.4. The van der Waals surface area contributed by atoms with Crippen LogP contribution >= 0.6 is 0 Å². The van der Waals surface area contributed by atoms with Crippen LogP contribution in [0.1, 0.15) is 72.9 Å². The third-order valence-electron chi connectivity index (χ3n) is 10.7. The van der Waals surface area contributed by atoms with Gasteiger partial charge in [0.15, 0.2) is 0 Å². The molecule has 216 valence electrons. The number of nitrogens with zero attached hydrogens (tertiary/aromatic N) is 1. The first-order valence-electron chi connectivity index (χ1n) is 15.7. The second kappa shape index (κ2) is 9.94. The van der Waals surface area contributed by atoms with E-state index in [1.807, 2.05) is 30.3 Å². The molecular formula is C35H38N4O3. The summed E-state index contributed by atoms with van der Waals surface area (Å²) in [5.41, 5.74) is 5.28. The highest BCUT2D eigenvalue weighted by Crippen LogP contribution is 2.55. The van der Waals surface area contributed by atoms with Crippen molar-refractivity contribution in [1.82, 2.24) is 10.6 Å². The van der Waals surface area contributed by atoms with Gasteiger partial charge >= 0.3 is 0 Å². The van der Waals surface area contributed by atoms with Crippen molar-refractivity contribution in [1.29, 1.82) is 0 Å². The van der Waals surface area contributed by atoms with Crippen LogP contribution in [-0.2, 0) is 22.6 Å². The fourth-order valence-electron chi connectivity index (χ4n) is 9.22. The zero-order valence-electron chi connectivity index (χ0n) is 24.0. The van der Waals surface area contributed by atoms with Gasteiger partial charge in [-0.15, -0.1) is 0 Å². The second-order valence-electron chi connectivity index (χ2n) is 13.5. The number of nitrogens with one attached hydrogen (secondary N) is 3. The van der Waals surface area contributed by atoms with Crippen LogP contribution in [0.3, 0.4) is 0 Å². The molecule has 0 aromatic heterocycles. The number of benzene rings is 3. The Hall–Kier alpha value is -3.71. The van der Waals surface area contributed by atoms with Crippen LogP contribution in [0.5, 0.6) is 0 Å². The van der Waals surface area contributed by atoms with Crippen molar-refractivity contribution in [2.45, 2.75) is 75.9 Å². The highest BCUT2D eigenvalue weighted by molar-refractivity contribution is 6.28. The van der Waals surface area contributed by atoms with Gasteiger partial charge in [-0.05, 0) is 105 Å². The maximum Gasteiger partial charge on any atom is 0.259 e. The lowest BCUT2D eigenvalue weighted by Crippen LogP contribution is -2.58. The van der Waals surface area contributed by atoms with Crippen LogP contribution in [0.2, 0.25) is 0 Å². The van der Waals surface area contributed by atoms with E-state index < -0.39 is 11.9 Å². The van der Waals surface area contributed by atoms with E-state index in [1.165, 1.54) is 49.7 Å². The molecule has 4 saturated carbocycles. The molecule has 42 heavy (non-hydrogen) atoms. The second-order valence-corrected chi connectivity index (χ2v) is 13.5. The van der Waals surface area contributed by atoms with Crippen molar-refractivity contribution in [3.63, 3.8) is 0 Å². The van der Waals surface area contributed by atoms with E-state index in [1.54, 1.807) is 4.90 Å². The van der Waals surface area contributed by atoms with Gasteiger partial charge in [-0.2, -0.15) is 0 Å². The first-order valence-corrected chi connectivity index (χ1v) is 15.7. The van der Waals surface area contributed by atoms with Gasteiger partial charge in [-0.25, -0.2) is 0 Å². The Kier molecular flexibility index (Phi) is 6.14. The molecule has 3 amide bonds. The summed E-state index contributed by atoms with van der Waals surface area (Å²) in [5.74, 6) is 2.04. The maximum absolute atomic E-state index is 13.4. The Bertz CT molecular complexity index is 1560. The summed E-state index contributed by atoms with van der Waals surface area (Å²) in [7, 11) is 0. The molecule has 9 rings (SSSR count). The number of amides is 3. The fraction of sp³-hybridized carbons (Fsp3) is 0.457. The molecule has 3 N–H and O–H groups in total. The zero-order chi connectivity index (χ0) is 28.4. The maximum atomic E-state index is 13.4. The lowest BCUT2D eigenvalue weighted by molar-refractivity contribution is -0.134. The SMILES string of the molecule is O=C1CCC(N2C(=O)c3cccc4c(NCc5ccc(CCNC67CC8CC(CC(C8)C6)C7)cc5)ccc2c34)C(=O)N1. The molecule has 7 nitrogen and oxygen atoms in total. The summed E-state index contributed by atoms with van der Waals surface area (Å²) >= 11 is 0. The number of hydrogen-bond acceptors (Lipinski definition) is 5. The quantitative estimate of drug-likeness (QED) is 0.324. The largest absolute Gasteiger partial charge is 0.380 e. The molecule has 3 aromatic rings. The summed E-state index contributed by atoms with van der Waals surface area (Å²) in [4.78, 5) is 39.2. The number of carbonyl (C=O) groups is 3. The van der Waals surface area contributed by atoms with Gasteiger partial charge in [0.2, 0.25) is 11.8 Å². The molecule has 3 aromatic carbocycles. The summed E-state index contributed by atoms with van der Waals surface area (Å²) < 4.78 is 0. The molecule has 1 unspecified atom stereocenters. The molecule has 1 atom stereocenters. The molecular weight excluding hydrogens is 524 g/mol. The van der Waals surface area contributed by atoms with Gasteiger partial charge in [0, 0.05) is 40.5 Å². The van der Waals surface area contributed by atoms with Crippen LogP contribution in [0, 0.1) is 17.8 Å². The van der Waals surface area contributed by atoms with E-state index in [-0.39, 0.29) is 18.2 Å². The Morgan fingerprint density at radius 1 is 0.857 bits per heavy atom. The van der Waals surface area contributed by atoms with Crippen molar-refractivity contribution in [3.05, 3.63) is 71.3 Å². The van der Waals surface area contributed by atoms with E-state index in [4.69, 9.17) is 0 Å². The molecule has 4 aliphatic carbocycles. The van der Waals surface area contributed by atoms with Crippen LogP contribution in [-0.4, -0.2) is 35.8 Å². The zero-order valence-corrected chi connectivity index (χ0v) is 24.0. The van der Waals surface area contributed by atoms with Crippen molar-refractivity contribution in [2.24, 2.45) is 17.8 Å². The molecule has 1 saturated heterocycles. The van der Waals surface area contributed by atoms with E-state index >= 15 is 0 Å². The highest BCUT2D eigenvalue weighted by Gasteiger charge is 2.50. The third-order valence-corrected chi connectivity index (χ3v) is 10.7. The molecule has 0 radical (unpaired) electrons. The minimum absolute atomic E-state index is 0.185. The average Bonchev–Trinajstić information content (AvgIpc) is 3.25. The van der Waals surface area contributed by atoms with Crippen LogP contribution in [0.25, 0.3) is 10.8 Å². The number of piperidine rings is 1. The van der Waals surface area contributed by atoms with E-state index in [2.05, 4.69) is 40.2 Å². The van der Waals surface area contributed by atoms with Crippen molar-refractivity contribution in [3.8, 4) is 0 Å². The van der Waals surface area contributed by atoms with Crippen molar-refractivity contribution in [2.75, 3.05) is 16.8 Å². The topological polar surface area (TPSA) is 90.5 Å². The van der Waals surface area contributed by atoms with Crippen LogP contribution in [0.15, 0.2) is 54.6 Å². The Morgan fingerprint density at radius 3 is 2.29 bits per heavy atom. The summed E-state index contributed by atoms with van der Waals surface area (Å²) in [5, 5.41) is 11.8. The molecule has 4 bridgehead atoms. The van der Waals surface area contributed by atoms with Crippen LogP contribution in [0.4, 0.5) is 11.4 Å². The van der Waals surface area contributed by atoms with E-state index in [0.29, 0.717) is 24.1 Å². The number of anilines is 2. The minimum atomic E-state index is -0.675. The predicted octanol–water partition coefficient (Wildman–Crippen LogP) is 5.32. The molecule has 6 aliphatic rings. The smallest absolute Gasteiger partial charge is 0.259 e. The molecule has 2 heterocycles. The van der Waals surface area contributed by atoms with Gasteiger partial charge in [-0.1, -0.05) is 36.4 Å². The number of imide groups is 1. The Balaban J connectivity index is 0.925. The van der Waals surface area contributed by atoms with Crippen LogP contribution < -0.4 is 20.9 Å². The van der Waals surface area contributed by atoms with Crippen molar-refractivity contribution < 1.29 is 14.4 Å². The third kappa shape index (κ3) is 4.41. The predicted molar refractivity (Wildman–Crippen MR) is 163 cm³/mol. The minimum Gasteiger partial charge on any atom is -0.380 e. The number of hydrogen-bond donors (Lipinski definition) is 3. The Morgan fingerprint density at radius 2 is 1.57 bits per heavy atom. The molecule has 7 heteroatoms. The Labute approximate surface area is 246 Å². The van der Waals surface area contributed by atoms with Gasteiger partial charge in [0.05, 0.1) is 5.69 Å². The van der Waals surface area contributed by atoms with E-state index in [9.17, 15) is 14.4 Å². The molecule has 0 spiro atoms. The average molecular weight is 563 g/mol. The van der Waals surface area contributed by atoms with Gasteiger partial charge in [0.1, 0.15) is 6.04 Å². The van der Waals surface area contributed by atoms with Gasteiger partial charge < -0.3 is 10.6 Å². The molecule has 5 fully saturated rings. The van der Waals surface area contributed by atoms with Crippen molar-refractivity contribution >= 4 is 39.9 Å². The number of carbonyl (C=O) groups excluding carboxylic acids is 3. The summed E-state index contributed by atoms with van der Waals surface area (Å²) in [6.07, 6.45) is 10.2. The summed E-state index contributed by atoms with van der Waals surface area (Å²) in [6.45, 7) is 1.73. The highest BCUT2D eigenvalue weighted by atomic mass is 16.2. The van der Waals surface area contributed by atoms with Gasteiger partial charge in [-0.3, -0.25) is 24.6 Å². The normalized spacial score (nSPS) is 29.4. The van der Waals surface area contributed by atoms with Gasteiger partial charge in [0.25, 0.3) is 5.91 Å². The van der Waals surface area contributed by atoms with E-state index in [0.717, 1.165) is 52.9 Å². The molecule has 2 aliphatic heterocycles. The number of rotatable bonds is 8.